The van der Waals surface area contributed by atoms with E-state index in [1.54, 1.807) is 0 Å². The van der Waals surface area contributed by atoms with E-state index in [4.69, 9.17) is 14.7 Å². The van der Waals surface area contributed by atoms with E-state index in [-0.39, 0.29) is 27.3 Å². The van der Waals surface area contributed by atoms with E-state index in [1.165, 1.54) is 48.6 Å². The van der Waals surface area contributed by atoms with E-state index in [2.05, 4.69) is 160 Å². The third-order valence-electron chi connectivity index (χ3n) is 12.7. The Kier molecular flexibility index (Phi) is 8.94. The molecule has 0 radical (unpaired) electrons. The minimum absolute atomic E-state index is 0.0277. The van der Waals surface area contributed by atoms with Crippen molar-refractivity contribution < 1.29 is 4.74 Å². The quantitative estimate of drug-likeness (QED) is 0.182. The summed E-state index contributed by atoms with van der Waals surface area (Å²) >= 11 is 0. The fourth-order valence-electron chi connectivity index (χ4n) is 9.01. The molecule has 53 heavy (non-hydrogen) atoms. The summed E-state index contributed by atoms with van der Waals surface area (Å²) in [5.41, 5.74) is 7.49. The van der Waals surface area contributed by atoms with Crippen LogP contribution >= 0.6 is 0 Å². The Morgan fingerprint density at radius 2 is 1.40 bits per heavy atom. The van der Waals surface area contributed by atoms with Gasteiger partial charge in [-0.3, -0.25) is 9.56 Å². The first-order valence-electron chi connectivity index (χ1n) is 19.9. The van der Waals surface area contributed by atoms with Crippen LogP contribution in [0.2, 0.25) is 0 Å². The Balaban J connectivity index is 1.36. The number of amidine groups is 1. The maximum atomic E-state index is 6.97. The Labute approximate surface area is 318 Å². The molecule has 1 aliphatic heterocycles. The number of nitrogens with zero attached hydrogens (tertiary/aromatic N) is 4. The predicted octanol–water partition coefficient (Wildman–Crippen LogP) is 12.9. The van der Waals surface area contributed by atoms with Crippen LogP contribution in [-0.4, -0.2) is 37.4 Å². The molecule has 5 nitrogen and oxygen atoms in total. The SMILES string of the molecule is Cc1cc(Oc2cc(C3=N[C@](C)(C(C)(C)C)C(C)(C)N3C3CCCCC3)cc(C(C)(C)C)c2)cc(-n2c3ccc(C(C)(C)C)cc3c3cccnc32)c1. The number of aliphatic imine (C=N–C) groups is 1. The van der Waals surface area contributed by atoms with Crippen molar-refractivity contribution in [1.82, 2.24) is 14.5 Å². The smallest absolute Gasteiger partial charge is 0.145 e. The van der Waals surface area contributed by atoms with Crippen LogP contribution in [0.15, 0.2) is 77.9 Å². The molecule has 0 bridgehead atoms. The summed E-state index contributed by atoms with van der Waals surface area (Å²) in [6, 6.07) is 25.0. The fraction of sp³-hybridized carbons (Fsp3) is 0.500. The Morgan fingerprint density at radius 3 is 2.06 bits per heavy atom. The number of pyridine rings is 1. The zero-order valence-corrected chi connectivity index (χ0v) is 34.7. The Bertz CT molecular complexity index is 2210. The highest BCUT2D eigenvalue weighted by Crippen LogP contribution is 2.52. The maximum Gasteiger partial charge on any atom is 0.145 e. The highest BCUT2D eigenvalue weighted by atomic mass is 16.5. The van der Waals surface area contributed by atoms with Gasteiger partial charge < -0.3 is 9.64 Å². The van der Waals surface area contributed by atoms with E-state index < -0.39 is 0 Å². The first-order chi connectivity index (χ1) is 24.7. The van der Waals surface area contributed by atoms with Crippen LogP contribution in [0.5, 0.6) is 11.5 Å². The number of ether oxygens (including phenoxy) is 1. The van der Waals surface area contributed by atoms with Crippen molar-refractivity contribution in [3.05, 3.63) is 95.2 Å². The van der Waals surface area contributed by atoms with Gasteiger partial charge >= 0.3 is 0 Å². The zero-order chi connectivity index (χ0) is 38.3. The van der Waals surface area contributed by atoms with Crippen LogP contribution in [0.25, 0.3) is 27.6 Å². The van der Waals surface area contributed by atoms with Gasteiger partial charge in [0.25, 0.3) is 0 Å². The molecule has 0 saturated heterocycles. The molecule has 5 aromatic rings. The van der Waals surface area contributed by atoms with E-state index in [1.807, 2.05) is 12.3 Å². The van der Waals surface area contributed by atoms with Crippen LogP contribution in [0.4, 0.5) is 0 Å². The molecule has 0 N–H and O–H groups in total. The number of aryl methyl sites for hydroxylation is 1. The van der Waals surface area contributed by atoms with Gasteiger partial charge in [-0.25, -0.2) is 4.98 Å². The molecule has 5 heteroatoms. The van der Waals surface area contributed by atoms with E-state index in [9.17, 15) is 0 Å². The lowest BCUT2D eigenvalue weighted by molar-refractivity contribution is 0.0331. The summed E-state index contributed by atoms with van der Waals surface area (Å²) < 4.78 is 9.26. The fourth-order valence-corrected chi connectivity index (χ4v) is 9.01. The number of benzene rings is 3. The molecule has 1 fully saturated rings. The molecule has 0 unspecified atom stereocenters. The van der Waals surface area contributed by atoms with E-state index >= 15 is 0 Å². The summed E-state index contributed by atoms with van der Waals surface area (Å²) in [5, 5.41) is 2.38. The molecule has 2 aromatic heterocycles. The first kappa shape index (κ1) is 37.2. The summed E-state index contributed by atoms with van der Waals surface area (Å²) in [6.07, 6.45) is 8.21. The number of aromatic nitrogens is 2. The largest absolute Gasteiger partial charge is 0.457 e. The lowest BCUT2D eigenvalue weighted by Crippen LogP contribution is -2.62. The van der Waals surface area contributed by atoms with Crippen molar-refractivity contribution in [2.24, 2.45) is 10.4 Å². The molecule has 2 aliphatic rings. The first-order valence-corrected chi connectivity index (χ1v) is 19.9. The van der Waals surface area contributed by atoms with Gasteiger partial charge in [-0.1, -0.05) is 87.6 Å². The van der Waals surface area contributed by atoms with Crippen LogP contribution in [0, 0.1) is 12.3 Å². The monoisotopic (exact) mass is 710 g/mol. The summed E-state index contributed by atoms with van der Waals surface area (Å²) in [7, 11) is 0. The van der Waals surface area contributed by atoms with Crippen LogP contribution in [0.1, 0.15) is 137 Å². The number of hydrogen-bond acceptors (Lipinski definition) is 4. The maximum absolute atomic E-state index is 6.97. The van der Waals surface area contributed by atoms with Gasteiger partial charge in [0.15, 0.2) is 0 Å². The minimum Gasteiger partial charge on any atom is -0.457 e. The zero-order valence-electron chi connectivity index (χ0n) is 34.7. The van der Waals surface area contributed by atoms with Crippen molar-refractivity contribution >= 4 is 27.8 Å². The second kappa shape index (κ2) is 12.7. The van der Waals surface area contributed by atoms with Gasteiger partial charge in [0.05, 0.1) is 22.3 Å². The van der Waals surface area contributed by atoms with Gasteiger partial charge in [0.1, 0.15) is 23.0 Å². The normalized spacial score (nSPS) is 20.0. The van der Waals surface area contributed by atoms with Gasteiger partial charge in [0, 0.05) is 34.6 Å². The molecule has 3 aromatic carbocycles. The molecule has 7 rings (SSSR count). The third-order valence-corrected chi connectivity index (χ3v) is 12.7. The van der Waals surface area contributed by atoms with Crippen molar-refractivity contribution in [2.45, 2.75) is 150 Å². The van der Waals surface area contributed by atoms with Crippen LogP contribution in [-0.2, 0) is 10.8 Å². The molecular weight excluding hydrogens is 649 g/mol. The average Bonchev–Trinajstić information content (AvgIpc) is 3.52. The molecule has 280 valence electrons. The molecule has 1 saturated carbocycles. The average molecular weight is 711 g/mol. The molecule has 3 heterocycles. The van der Waals surface area contributed by atoms with Gasteiger partial charge in [0.2, 0.25) is 0 Å². The summed E-state index contributed by atoms with van der Waals surface area (Å²) in [5.74, 6) is 2.77. The molecule has 1 aliphatic carbocycles. The van der Waals surface area contributed by atoms with Gasteiger partial charge in [-0.2, -0.15) is 0 Å². The number of fused-ring (bicyclic) bond motifs is 3. The van der Waals surface area contributed by atoms with Gasteiger partial charge in [-0.15, -0.1) is 0 Å². The highest BCUT2D eigenvalue weighted by molar-refractivity contribution is 6.08. The Hall–Kier alpha value is -4.12. The highest BCUT2D eigenvalue weighted by Gasteiger charge is 2.59. The van der Waals surface area contributed by atoms with Crippen molar-refractivity contribution in [3.63, 3.8) is 0 Å². The van der Waals surface area contributed by atoms with Crippen molar-refractivity contribution in [1.29, 1.82) is 0 Å². The minimum atomic E-state index is -0.277. The predicted molar refractivity (Wildman–Crippen MR) is 224 cm³/mol. The van der Waals surface area contributed by atoms with Crippen molar-refractivity contribution in [3.8, 4) is 17.2 Å². The van der Waals surface area contributed by atoms with E-state index in [0.29, 0.717) is 6.04 Å². The second-order valence-corrected chi connectivity index (χ2v) is 19.8. The lowest BCUT2D eigenvalue weighted by atomic mass is 9.64. The topological polar surface area (TPSA) is 42.6 Å². The molecule has 0 amide bonds. The summed E-state index contributed by atoms with van der Waals surface area (Å²) in [4.78, 5) is 13.4. The third kappa shape index (κ3) is 6.46. The van der Waals surface area contributed by atoms with Crippen LogP contribution in [0.3, 0.4) is 0 Å². The van der Waals surface area contributed by atoms with Crippen LogP contribution < -0.4 is 4.74 Å². The molecular formula is C48H62N4O. The van der Waals surface area contributed by atoms with E-state index in [0.717, 1.165) is 50.7 Å². The van der Waals surface area contributed by atoms with Gasteiger partial charge in [-0.05, 0) is 128 Å². The Morgan fingerprint density at radius 1 is 0.717 bits per heavy atom. The van der Waals surface area contributed by atoms with Crippen molar-refractivity contribution in [2.75, 3.05) is 0 Å². The molecule has 1 atom stereocenters. The second-order valence-electron chi connectivity index (χ2n) is 19.8. The number of rotatable bonds is 5. The lowest BCUT2D eigenvalue weighted by Gasteiger charge is -2.52. The molecule has 0 spiro atoms. The number of hydrogen-bond donors (Lipinski definition) is 0. The summed E-state index contributed by atoms with van der Waals surface area (Å²) in [6.45, 7) is 30.1. The standard InChI is InChI=1S/C48H62N4O/c1-31-24-36(51-41-22-21-33(44(2,3)4)29-40(41)39-20-17-23-49-43(39)51)30-37(25-31)53-38-27-32(26-34(28-38)45(5,6)7)42-50-48(13,46(8,9)10)47(11,12)52(42)35-18-15-14-16-19-35/h17,20-30,35H,14-16,18-19H2,1-13H3/t48-/m1/s1.